The Kier molecular flexibility index (Phi) is 12.4. The van der Waals surface area contributed by atoms with Gasteiger partial charge in [-0.15, -0.1) is 0 Å². The van der Waals surface area contributed by atoms with E-state index in [2.05, 4.69) is 10.6 Å². The van der Waals surface area contributed by atoms with Gasteiger partial charge in [0, 0.05) is 13.1 Å². The number of carbonyl (C=O) groups is 3. The van der Waals surface area contributed by atoms with Crippen molar-refractivity contribution in [2.75, 3.05) is 7.05 Å². The summed E-state index contributed by atoms with van der Waals surface area (Å²) in [7, 11) is 1.38. The average molecular weight is 556 g/mol. The molecule has 0 saturated heterocycles. The SMILES string of the molecule is CC[C@H](C)[C@@H](C(=O)N[C@@H](Cc1ccccc1)[C@H](O)C[C@H](Cc1ccccc1)NC(=O)OC(C)(C)C)N(C)C(=O)O. The number of nitrogens with one attached hydrogen (secondary N) is 2. The third-order valence-electron chi connectivity index (χ3n) is 6.83. The van der Waals surface area contributed by atoms with Crippen LogP contribution in [0.5, 0.6) is 0 Å². The zero-order valence-electron chi connectivity index (χ0n) is 24.5. The molecule has 0 saturated carbocycles. The zero-order chi connectivity index (χ0) is 29.9. The molecule has 0 radical (unpaired) electrons. The number of hydrogen-bond donors (Lipinski definition) is 4. The van der Waals surface area contributed by atoms with Gasteiger partial charge in [-0.3, -0.25) is 9.69 Å². The fraction of sp³-hybridized carbons (Fsp3) is 0.516. The number of alkyl carbamates (subject to hydrolysis) is 1. The standard InChI is InChI=1S/C31H45N3O6/c1-7-21(2)27(34(6)30(38)39)28(36)33-25(19-23-16-12-9-13-17-23)26(35)20-24(18-22-14-10-8-11-15-22)32-29(37)40-31(3,4)5/h8-17,21,24-27,35H,7,18-20H2,1-6H3,(H,32,37)(H,33,36)(H,38,39)/t21-,24-,25-,26+,27-/m0/s1. The number of amides is 3. The first-order valence-electron chi connectivity index (χ1n) is 13.8. The van der Waals surface area contributed by atoms with Gasteiger partial charge in [-0.2, -0.15) is 0 Å². The number of carboxylic acid groups (broad SMARTS) is 1. The lowest BCUT2D eigenvalue weighted by Crippen LogP contribution is -2.56. The maximum absolute atomic E-state index is 13.5. The predicted octanol–water partition coefficient (Wildman–Crippen LogP) is 4.63. The van der Waals surface area contributed by atoms with Crippen LogP contribution in [0.15, 0.2) is 60.7 Å². The smallest absolute Gasteiger partial charge is 0.407 e. The highest BCUT2D eigenvalue weighted by molar-refractivity contribution is 5.85. The van der Waals surface area contributed by atoms with E-state index in [1.807, 2.05) is 74.5 Å². The lowest BCUT2D eigenvalue weighted by Gasteiger charge is -2.33. The van der Waals surface area contributed by atoms with Gasteiger partial charge in [-0.25, -0.2) is 9.59 Å². The minimum Gasteiger partial charge on any atom is -0.465 e. The maximum atomic E-state index is 13.5. The van der Waals surface area contributed by atoms with E-state index in [0.29, 0.717) is 19.3 Å². The van der Waals surface area contributed by atoms with Crippen LogP contribution in [-0.4, -0.2) is 70.1 Å². The summed E-state index contributed by atoms with van der Waals surface area (Å²) in [6.45, 7) is 9.06. The topological polar surface area (TPSA) is 128 Å². The van der Waals surface area contributed by atoms with Gasteiger partial charge in [0.2, 0.25) is 5.91 Å². The molecular weight excluding hydrogens is 510 g/mol. The average Bonchev–Trinajstić information content (AvgIpc) is 2.88. The number of likely N-dealkylation sites (N-methyl/N-ethyl adjacent to an activating group) is 1. The molecule has 0 aromatic heterocycles. The highest BCUT2D eigenvalue weighted by Gasteiger charge is 2.34. The highest BCUT2D eigenvalue weighted by atomic mass is 16.6. The molecule has 9 nitrogen and oxygen atoms in total. The van der Waals surface area contributed by atoms with Crippen LogP contribution >= 0.6 is 0 Å². The summed E-state index contributed by atoms with van der Waals surface area (Å²) in [6, 6.07) is 16.9. The largest absolute Gasteiger partial charge is 0.465 e. The van der Waals surface area contributed by atoms with E-state index in [-0.39, 0.29) is 12.3 Å². The fourth-order valence-electron chi connectivity index (χ4n) is 4.60. The van der Waals surface area contributed by atoms with Crippen molar-refractivity contribution in [3.8, 4) is 0 Å². The van der Waals surface area contributed by atoms with E-state index >= 15 is 0 Å². The second-order valence-corrected chi connectivity index (χ2v) is 11.4. The molecule has 2 aromatic carbocycles. The Morgan fingerprint density at radius 2 is 1.45 bits per heavy atom. The zero-order valence-corrected chi connectivity index (χ0v) is 24.5. The first-order valence-corrected chi connectivity index (χ1v) is 13.8. The second-order valence-electron chi connectivity index (χ2n) is 11.4. The molecule has 2 rings (SSSR count). The minimum atomic E-state index is -1.20. The van der Waals surface area contributed by atoms with Gasteiger partial charge in [0.15, 0.2) is 0 Å². The van der Waals surface area contributed by atoms with Crippen molar-refractivity contribution in [3.63, 3.8) is 0 Å². The van der Waals surface area contributed by atoms with Crippen molar-refractivity contribution >= 4 is 18.1 Å². The van der Waals surface area contributed by atoms with E-state index in [1.54, 1.807) is 20.8 Å². The number of rotatable bonds is 13. The molecule has 0 aliphatic heterocycles. The molecule has 0 aliphatic rings. The number of benzene rings is 2. The molecule has 4 N–H and O–H groups in total. The van der Waals surface area contributed by atoms with Crippen molar-refractivity contribution in [2.45, 2.75) is 90.1 Å². The van der Waals surface area contributed by atoms with Gasteiger partial charge in [0.1, 0.15) is 11.6 Å². The number of ether oxygens (including phenoxy) is 1. The van der Waals surface area contributed by atoms with Crippen LogP contribution < -0.4 is 10.6 Å². The van der Waals surface area contributed by atoms with Crippen LogP contribution in [-0.2, 0) is 22.4 Å². The highest BCUT2D eigenvalue weighted by Crippen LogP contribution is 2.18. The first kappa shape index (κ1) is 32.6. The summed E-state index contributed by atoms with van der Waals surface area (Å²) in [4.78, 5) is 38.9. The lowest BCUT2D eigenvalue weighted by molar-refractivity contribution is -0.128. The number of aliphatic hydroxyl groups is 1. The Hall–Kier alpha value is -3.59. The molecule has 0 fully saturated rings. The van der Waals surface area contributed by atoms with E-state index < -0.39 is 47.9 Å². The Morgan fingerprint density at radius 3 is 1.93 bits per heavy atom. The summed E-state index contributed by atoms with van der Waals surface area (Å²) < 4.78 is 5.46. The molecule has 0 heterocycles. The molecule has 2 aromatic rings. The summed E-state index contributed by atoms with van der Waals surface area (Å²) in [6.07, 6.45) is -1.35. The molecule has 0 aliphatic carbocycles. The van der Waals surface area contributed by atoms with Gasteiger partial charge in [-0.1, -0.05) is 80.9 Å². The van der Waals surface area contributed by atoms with Gasteiger partial charge < -0.3 is 25.6 Å². The van der Waals surface area contributed by atoms with Crippen LogP contribution in [0, 0.1) is 5.92 Å². The van der Waals surface area contributed by atoms with Crippen LogP contribution in [0.1, 0.15) is 58.6 Å². The van der Waals surface area contributed by atoms with E-state index in [1.165, 1.54) is 7.05 Å². The minimum absolute atomic E-state index is 0.134. The first-order chi connectivity index (χ1) is 18.8. The summed E-state index contributed by atoms with van der Waals surface area (Å²) >= 11 is 0. The molecular formula is C31H45N3O6. The Balaban J connectivity index is 2.32. The molecule has 5 atom stereocenters. The summed E-state index contributed by atoms with van der Waals surface area (Å²) in [5.74, 6) is -0.714. The number of carbonyl (C=O) groups excluding carboxylic acids is 2. The van der Waals surface area contributed by atoms with Crippen LogP contribution in [0.25, 0.3) is 0 Å². The summed E-state index contributed by atoms with van der Waals surface area (Å²) in [5, 5.41) is 26.9. The van der Waals surface area contributed by atoms with Gasteiger partial charge in [0.25, 0.3) is 0 Å². The third-order valence-corrected chi connectivity index (χ3v) is 6.83. The number of aliphatic hydroxyl groups excluding tert-OH is 1. The van der Waals surface area contributed by atoms with Gasteiger partial charge >= 0.3 is 12.2 Å². The quantitative estimate of drug-likeness (QED) is 0.285. The van der Waals surface area contributed by atoms with Crippen LogP contribution in [0.3, 0.4) is 0 Å². The lowest BCUT2D eigenvalue weighted by atomic mass is 9.92. The molecule has 9 heteroatoms. The fourth-order valence-corrected chi connectivity index (χ4v) is 4.60. The molecule has 0 bridgehead atoms. The Labute approximate surface area is 237 Å². The van der Waals surface area contributed by atoms with Crippen LogP contribution in [0.2, 0.25) is 0 Å². The van der Waals surface area contributed by atoms with E-state index in [4.69, 9.17) is 4.74 Å². The van der Waals surface area contributed by atoms with Crippen molar-refractivity contribution < 1.29 is 29.3 Å². The maximum Gasteiger partial charge on any atom is 0.407 e. The second kappa shape index (κ2) is 15.3. The molecule has 40 heavy (non-hydrogen) atoms. The number of nitrogens with zero attached hydrogens (tertiary/aromatic N) is 1. The van der Waals surface area contributed by atoms with Gasteiger partial charge in [0.05, 0.1) is 12.1 Å². The number of hydrogen-bond acceptors (Lipinski definition) is 5. The Morgan fingerprint density at radius 1 is 0.925 bits per heavy atom. The normalized spacial score (nSPS) is 15.2. The molecule has 0 unspecified atom stereocenters. The molecule has 3 amide bonds. The predicted molar refractivity (Wildman–Crippen MR) is 155 cm³/mol. The van der Waals surface area contributed by atoms with E-state index in [0.717, 1.165) is 16.0 Å². The molecule has 0 spiro atoms. The van der Waals surface area contributed by atoms with Crippen molar-refractivity contribution in [3.05, 3.63) is 71.8 Å². The van der Waals surface area contributed by atoms with E-state index in [9.17, 15) is 24.6 Å². The molecule has 220 valence electrons. The van der Waals surface area contributed by atoms with Crippen molar-refractivity contribution in [1.29, 1.82) is 0 Å². The van der Waals surface area contributed by atoms with Crippen LogP contribution in [0.4, 0.5) is 9.59 Å². The monoisotopic (exact) mass is 555 g/mol. The van der Waals surface area contributed by atoms with Crippen molar-refractivity contribution in [2.24, 2.45) is 5.92 Å². The Bertz CT molecular complexity index is 1070. The van der Waals surface area contributed by atoms with Gasteiger partial charge in [-0.05, 0) is 57.1 Å². The summed E-state index contributed by atoms with van der Waals surface area (Å²) in [5.41, 5.74) is 1.18. The van der Waals surface area contributed by atoms with Crippen molar-refractivity contribution in [1.82, 2.24) is 15.5 Å². The third kappa shape index (κ3) is 10.9.